The van der Waals surface area contributed by atoms with Crippen LogP contribution in [0.3, 0.4) is 0 Å². The fraction of sp³-hybridized carbons (Fsp3) is 0.278. The Hall–Kier alpha value is -2.12. The topological polar surface area (TPSA) is 46.3 Å². The molecule has 2 aromatic rings. The smallest absolute Gasteiger partial charge is 0.337 e. The van der Waals surface area contributed by atoms with Gasteiger partial charge in [0.1, 0.15) is 5.82 Å². The van der Waals surface area contributed by atoms with Gasteiger partial charge in [-0.1, -0.05) is 30.3 Å². The second kappa shape index (κ2) is 9.54. The first kappa shape index (κ1) is 21.9. The second-order valence-electron chi connectivity index (χ2n) is 5.51. The van der Waals surface area contributed by atoms with Crippen LogP contribution in [0.5, 0.6) is 0 Å². The fourth-order valence-corrected chi connectivity index (χ4v) is 2.44. The average Bonchev–Trinajstić information content (AvgIpc) is 2.58. The molecule has 0 saturated carbocycles. The minimum absolute atomic E-state index is 0. The van der Waals surface area contributed by atoms with E-state index in [1.54, 1.807) is 0 Å². The van der Waals surface area contributed by atoms with E-state index < -0.39 is 23.5 Å². The molecular weight excluding hydrogens is 372 g/mol. The molecule has 3 nitrogen and oxygen atoms in total. The lowest BCUT2D eigenvalue weighted by Gasteiger charge is -2.22. The molecule has 8 heteroatoms. The van der Waals surface area contributed by atoms with Crippen LogP contribution in [0, 0.1) is 5.82 Å². The summed E-state index contributed by atoms with van der Waals surface area (Å²) in [6.45, 7) is 0.678. The molecule has 142 valence electrons. The molecule has 0 aliphatic rings. The highest BCUT2D eigenvalue weighted by Gasteiger charge is 2.35. The monoisotopic (exact) mass is 390 g/mol. The molecule has 2 N–H and O–H groups in total. The number of carbonyl (C=O) groups excluding carboxylic acids is 1. The molecule has 0 bridgehead atoms. The maximum absolute atomic E-state index is 13.4. The lowest BCUT2D eigenvalue weighted by Crippen LogP contribution is -2.37. The van der Waals surface area contributed by atoms with Crippen LogP contribution in [0.4, 0.5) is 17.6 Å². The van der Waals surface area contributed by atoms with Crippen molar-refractivity contribution in [3.05, 3.63) is 71.0 Å². The molecule has 2 aromatic carbocycles. The summed E-state index contributed by atoms with van der Waals surface area (Å²) in [7, 11) is 0. The zero-order valence-electron chi connectivity index (χ0n) is 13.8. The van der Waals surface area contributed by atoms with Gasteiger partial charge in [0, 0.05) is 25.2 Å². The van der Waals surface area contributed by atoms with Crippen molar-refractivity contribution in [1.29, 1.82) is 0 Å². The van der Waals surface area contributed by atoms with E-state index >= 15 is 0 Å². The van der Waals surface area contributed by atoms with Gasteiger partial charge in [0.2, 0.25) is 0 Å². The van der Waals surface area contributed by atoms with Gasteiger partial charge in [-0.25, -0.2) is 4.39 Å². The number of nitrogens with zero attached hydrogens (tertiary/aromatic N) is 1. The van der Waals surface area contributed by atoms with E-state index in [0.29, 0.717) is 25.1 Å². The number of nitrogens with two attached hydrogens (primary N) is 1. The van der Waals surface area contributed by atoms with E-state index in [9.17, 15) is 22.4 Å². The first-order valence-corrected chi connectivity index (χ1v) is 7.73. The van der Waals surface area contributed by atoms with Crippen LogP contribution in [0.2, 0.25) is 0 Å². The number of halogens is 5. The van der Waals surface area contributed by atoms with Crippen LogP contribution >= 0.6 is 12.4 Å². The van der Waals surface area contributed by atoms with Crippen molar-refractivity contribution in [2.45, 2.75) is 12.6 Å². The normalized spacial score (nSPS) is 11.0. The summed E-state index contributed by atoms with van der Waals surface area (Å²) in [6, 6.07) is 11.6. The third-order valence-electron chi connectivity index (χ3n) is 3.72. The molecule has 0 atom stereocenters. The zero-order chi connectivity index (χ0) is 18.4. The first-order valence-electron chi connectivity index (χ1n) is 7.73. The Bertz CT molecular complexity index is 723. The van der Waals surface area contributed by atoms with Gasteiger partial charge in [0.25, 0.3) is 5.91 Å². The molecule has 0 aliphatic carbocycles. The van der Waals surface area contributed by atoms with Gasteiger partial charge < -0.3 is 10.6 Å². The van der Waals surface area contributed by atoms with Crippen LogP contribution in [-0.2, 0) is 12.6 Å². The summed E-state index contributed by atoms with van der Waals surface area (Å²) < 4.78 is 51.9. The summed E-state index contributed by atoms with van der Waals surface area (Å²) in [4.78, 5) is 13.9. The minimum atomic E-state index is -4.86. The van der Waals surface area contributed by atoms with Gasteiger partial charge >= 0.3 is 6.18 Å². The van der Waals surface area contributed by atoms with Gasteiger partial charge in [-0.05, 0) is 30.2 Å². The molecular formula is C18H19ClF4N2O. The van der Waals surface area contributed by atoms with Crippen molar-refractivity contribution < 1.29 is 22.4 Å². The molecule has 0 unspecified atom stereocenters. The Balaban J connectivity index is 0.00000338. The Morgan fingerprint density at radius 1 is 1.04 bits per heavy atom. The Morgan fingerprint density at radius 2 is 1.69 bits per heavy atom. The number of carbonyl (C=O) groups is 1. The molecule has 0 radical (unpaired) electrons. The molecule has 0 saturated heterocycles. The van der Waals surface area contributed by atoms with Gasteiger partial charge in [-0.3, -0.25) is 4.79 Å². The highest BCUT2D eigenvalue weighted by molar-refractivity contribution is 5.94. The second-order valence-corrected chi connectivity index (χ2v) is 5.51. The number of rotatable bonds is 6. The standard InChI is InChI=1S/C18H18F4N2O.ClH/c19-16-7-6-14(12-15(16)18(20,21)22)17(25)24(11-9-23)10-8-13-4-2-1-3-5-13;/h1-7,12H,8-11,23H2;1H. The van der Waals surface area contributed by atoms with E-state index in [4.69, 9.17) is 5.73 Å². The summed E-state index contributed by atoms with van der Waals surface area (Å²) >= 11 is 0. The quantitative estimate of drug-likeness (QED) is 0.760. The molecule has 0 aliphatic heterocycles. The minimum Gasteiger partial charge on any atom is -0.337 e. The summed E-state index contributed by atoms with van der Waals surface area (Å²) in [6.07, 6.45) is -4.32. The van der Waals surface area contributed by atoms with Crippen molar-refractivity contribution in [2.75, 3.05) is 19.6 Å². The summed E-state index contributed by atoms with van der Waals surface area (Å²) in [5.74, 6) is -2.01. The number of hydrogen-bond donors (Lipinski definition) is 1. The Morgan fingerprint density at radius 3 is 2.27 bits per heavy atom. The highest BCUT2D eigenvalue weighted by Crippen LogP contribution is 2.32. The largest absolute Gasteiger partial charge is 0.419 e. The van der Waals surface area contributed by atoms with E-state index in [1.165, 1.54) is 4.90 Å². The maximum Gasteiger partial charge on any atom is 0.419 e. The molecule has 0 fully saturated rings. The zero-order valence-corrected chi connectivity index (χ0v) is 14.6. The molecule has 0 spiro atoms. The molecule has 2 rings (SSSR count). The number of amides is 1. The van der Waals surface area contributed by atoms with Crippen molar-refractivity contribution in [1.82, 2.24) is 4.90 Å². The predicted molar refractivity (Wildman–Crippen MR) is 93.8 cm³/mol. The number of benzene rings is 2. The fourth-order valence-electron chi connectivity index (χ4n) is 2.44. The van der Waals surface area contributed by atoms with E-state index in [1.807, 2.05) is 30.3 Å². The average molecular weight is 391 g/mol. The first-order chi connectivity index (χ1) is 11.8. The summed E-state index contributed by atoms with van der Waals surface area (Å²) in [5, 5.41) is 0. The third-order valence-corrected chi connectivity index (χ3v) is 3.72. The van der Waals surface area contributed by atoms with E-state index in [-0.39, 0.29) is 31.1 Å². The van der Waals surface area contributed by atoms with Crippen molar-refractivity contribution in [2.24, 2.45) is 5.73 Å². The van der Waals surface area contributed by atoms with Crippen molar-refractivity contribution in [3.63, 3.8) is 0 Å². The van der Waals surface area contributed by atoms with Crippen LogP contribution < -0.4 is 5.73 Å². The molecule has 26 heavy (non-hydrogen) atoms. The van der Waals surface area contributed by atoms with E-state index in [2.05, 4.69) is 0 Å². The summed E-state index contributed by atoms with van der Waals surface area (Å²) in [5.41, 5.74) is 4.83. The van der Waals surface area contributed by atoms with Crippen LogP contribution in [0.25, 0.3) is 0 Å². The van der Waals surface area contributed by atoms with Gasteiger partial charge in [-0.2, -0.15) is 13.2 Å². The number of alkyl halides is 3. The van der Waals surface area contributed by atoms with Crippen LogP contribution in [0.1, 0.15) is 21.5 Å². The lowest BCUT2D eigenvalue weighted by molar-refractivity contribution is -0.140. The van der Waals surface area contributed by atoms with E-state index in [0.717, 1.165) is 11.6 Å². The van der Waals surface area contributed by atoms with Crippen LogP contribution in [0.15, 0.2) is 48.5 Å². The van der Waals surface area contributed by atoms with Gasteiger partial charge in [0.15, 0.2) is 0 Å². The molecule has 1 amide bonds. The highest BCUT2D eigenvalue weighted by atomic mass is 35.5. The Labute approximate surface area is 155 Å². The van der Waals surface area contributed by atoms with Crippen molar-refractivity contribution >= 4 is 18.3 Å². The maximum atomic E-state index is 13.4. The molecule has 0 aromatic heterocycles. The third kappa shape index (κ3) is 5.71. The van der Waals surface area contributed by atoms with Gasteiger partial charge in [0.05, 0.1) is 5.56 Å². The van der Waals surface area contributed by atoms with Gasteiger partial charge in [-0.15, -0.1) is 12.4 Å². The predicted octanol–water partition coefficient (Wildman–Crippen LogP) is 3.91. The Kier molecular flexibility index (Phi) is 8.05. The van der Waals surface area contributed by atoms with Crippen LogP contribution in [-0.4, -0.2) is 30.4 Å². The van der Waals surface area contributed by atoms with Crippen molar-refractivity contribution in [3.8, 4) is 0 Å². The SMILES string of the molecule is Cl.NCCN(CCc1ccccc1)C(=O)c1ccc(F)c(C(F)(F)F)c1. The number of hydrogen-bond acceptors (Lipinski definition) is 2. The molecule has 0 heterocycles. The lowest BCUT2D eigenvalue weighted by atomic mass is 10.1.